The zero-order valence-electron chi connectivity index (χ0n) is 14.7. The van der Waals surface area contributed by atoms with Crippen molar-refractivity contribution in [1.29, 1.82) is 0 Å². The van der Waals surface area contributed by atoms with Crippen LogP contribution in [0.1, 0.15) is 29.6 Å². The van der Waals surface area contributed by atoms with E-state index >= 15 is 0 Å². The molecule has 1 unspecified atom stereocenters. The van der Waals surface area contributed by atoms with Crippen LogP contribution in [-0.2, 0) is 0 Å². The molecule has 2 fully saturated rings. The van der Waals surface area contributed by atoms with Crippen LogP contribution in [-0.4, -0.2) is 47.0 Å². The van der Waals surface area contributed by atoms with Gasteiger partial charge in [0.25, 0.3) is 5.91 Å². The first-order valence-corrected chi connectivity index (χ1v) is 9.21. The van der Waals surface area contributed by atoms with E-state index in [1.54, 1.807) is 24.5 Å². The molecule has 0 N–H and O–H groups in total. The first-order chi connectivity index (χ1) is 12.7. The zero-order valence-corrected chi connectivity index (χ0v) is 14.7. The van der Waals surface area contributed by atoms with E-state index in [2.05, 4.69) is 14.9 Å². The van der Waals surface area contributed by atoms with Crippen LogP contribution < -0.4 is 9.63 Å². The minimum atomic E-state index is -0.0344. The molecule has 26 heavy (non-hydrogen) atoms. The maximum Gasteiger partial charge on any atom is 0.259 e. The van der Waals surface area contributed by atoms with Crippen molar-refractivity contribution < 1.29 is 9.52 Å². The summed E-state index contributed by atoms with van der Waals surface area (Å²) in [4.78, 5) is 25.4. The fourth-order valence-corrected chi connectivity index (χ4v) is 4.15. The van der Waals surface area contributed by atoms with E-state index in [-0.39, 0.29) is 5.91 Å². The Morgan fingerprint density at radius 2 is 1.81 bits per heavy atom. The van der Waals surface area contributed by atoms with E-state index in [1.807, 2.05) is 11.0 Å². The van der Waals surface area contributed by atoms with Crippen LogP contribution in [0.2, 0.25) is 0 Å². The summed E-state index contributed by atoms with van der Waals surface area (Å²) in [7, 11) is 0. The number of carbonyl (C=O) groups excluding carboxylic acids is 1. The molecule has 1 atom stereocenters. The van der Waals surface area contributed by atoms with E-state index in [0.29, 0.717) is 22.1 Å². The molecule has 0 aliphatic carbocycles. The van der Waals surface area contributed by atoms with Crippen molar-refractivity contribution in [2.24, 2.45) is 11.8 Å². The Kier molecular flexibility index (Phi) is 4.69. The van der Waals surface area contributed by atoms with Gasteiger partial charge in [-0.25, -0.2) is 9.97 Å². The van der Waals surface area contributed by atoms with Crippen molar-refractivity contribution in [2.45, 2.75) is 19.3 Å². The predicted molar refractivity (Wildman–Crippen MR) is 96.4 cm³/mol. The van der Waals surface area contributed by atoms with Gasteiger partial charge in [0, 0.05) is 44.6 Å². The molecular formula is C19H23N5O2. The second-order valence-corrected chi connectivity index (χ2v) is 7.13. The number of rotatable bonds is 3. The molecule has 2 saturated heterocycles. The summed E-state index contributed by atoms with van der Waals surface area (Å²) in [6.45, 7) is 3.50. The highest BCUT2D eigenvalue weighted by atomic mass is 16.5. The van der Waals surface area contributed by atoms with Gasteiger partial charge in [-0.05, 0) is 43.2 Å². The molecule has 2 aromatic rings. The highest BCUT2D eigenvalue weighted by Crippen LogP contribution is 2.33. The number of likely N-dealkylation sites (tertiary alicyclic amines) is 1. The number of hydrogen-bond donors (Lipinski definition) is 0. The summed E-state index contributed by atoms with van der Waals surface area (Å²) in [5.41, 5.74) is 0.471. The first-order valence-electron chi connectivity index (χ1n) is 9.21. The highest BCUT2D eigenvalue weighted by Gasteiger charge is 2.34. The standard InChI is InChI=1S/C19H23N5O2/c25-18(17-3-1-9-24(26)14-17)23-12-6-16(13-23)15-4-10-22(11-5-15)19-20-7-2-8-21-19/h1-3,7-9,14-16H,4-6,10-13H2. The number of pyridine rings is 1. The van der Waals surface area contributed by atoms with Crippen LogP contribution >= 0.6 is 0 Å². The maximum absolute atomic E-state index is 12.6. The van der Waals surface area contributed by atoms with Crippen molar-refractivity contribution >= 4 is 11.9 Å². The van der Waals surface area contributed by atoms with Gasteiger partial charge in [-0.1, -0.05) is 0 Å². The average molecular weight is 353 g/mol. The van der Waals surface area contributed by atoms with Crippen LogP contribution in [0.15, 0.2) is 43.0 Å². The minimum absolute atomic E-state index is 0.0344. The third-order valence-electron chi connectivity index (χ3n) is 5.58. The van der Waals surface area contributed by atoms with Gasteiger partial charge in [0.05, 0.1) is 0 Å². The van der Waals surface area contributed by atoms with Crippen molar-refractivity contribution in [3.8, 4) is 0 Å². The Morgan fingerprint density at radius 1 is 1.08 bits per heavy atom. The van der Waals surface area contributed by atoms with Gasteiger partial charge in [0.2, 0.25) is 5.95 Å². The number of carbonyl (C=O) groups is 1. The van der Waals surface area contributed by atoms with E-state index in [4.69, 9.17) is 0 Å². The molecule has 0 aromatic carbocycles. The quantitative estimate of drug-likeness (QED) is 0.617. The third-order valence-corrected chi connectivity index (χ3v) is 5.58. The highest BCUT2D eigenvalue weighted by molar-refractivity contribution is 5.93. The Morgan fingerprint density at radius 3 is 2.54 bits per heavy atom. The van der Waals surface area contributed by atoms with Crippen LogP contribution in [0.5, 0.6) is 0 Å². The van der Waals surface area contributed by atoms with Crippen LogP contribution in [0.3, 0.4) is 0 Å². The SMILES string of the molecule is O=C(c1ccc[n+]([O-])c1)N1CCC(C2CCN(c3ncccn3)CC2)C1. The van der Waals surface area contributed by atoms with Crippen LogP contribution in [0.4, 0.5) is 5.95 Å². The van der Waals surface area contributed by atoms with Gasteiger partial charge >= 0.3 is 0 Å². The summed E-state index contributed by atoms with van der Waals surface area (Å²) in [5.74, 6) is 1.95. The van der Waals surface area contributed by atoms with Gasteiger partial charge in [-0.3, -0.25) is 4.79 Å². The molecule has 2 aliphatic rings. The normalized spacial score (nSPS) is 21.2. The maximum atomic E-state index is 12.6. The van der Waals surface area contributed by atoms with Gasteiger partial charge in [0.1, 0.15) is 5.56 Å². The van der Waals surface area contributed by atoms with Crippen molar-refractivity contribution in [3.05, 3.63) is 53.8 Å². The Balaban J connectivity index is 1.33. The lowest BCUT2D eigenvalue weighted by Crippen LogP contribution is -2.38. The van der Waals surface area contributed by atoms with Gasteiger partial charge in [-0.2, -0.15) is 4.73 Å². The topological polar surface area (TPSA) is 76.3 Å². The van der Waals surface area contributed by atoms with Gasteiger partial charge in [0.15, 0.2) is 12.4 Å². The summed E-state index contributed by atoms with van der Waals surface area (Å²) in [5, 5.41) is 11.4. The molecule has 0 bridgehead atoms. The second kappa shape index (κ2) is 7.27. The number of piperidine rings is 1. The van der Waals surface area contributed by atoms with Gasteiger partial charge in [-0.15, -0.1) is 0 Å². The molecule has 4 rings (SSSR count). The molecule has 4 heterocycles. The molecule has 7 heteroatoms. The first kappa shape index (κ1) is 16.8. The lowest BCUT2D eigenvalue weighted by Gasteiger charge is -2.34. The van der Waals surface area contributed by atoms with E-state index in [1.165, 1.54) is 12.4 Å². The van der Waals surface area contributed by atoms with Gasteiger partial charge < -0.3 is 15.0 Å². The summed E-state index contributed by atoms with van der Waals surface area (Å²) >= 11 is 0. The molecular weight excluding hydrogens is 330 g/mol. The van der Waals surface area contributed by atoms with Crippen molar-refractivity contribution in [1.82, 2.24) is 14.9 Å². The predicted octanol–water partition coefficient (Wildman–Crippen LogP) is 1.49. The van der Waals surface area contributed by atoms with E-state index in [0.717, 1.165) is 51.4 Å². The van der Waals surface area contributed by atoms with E-state index in [9.17, 15) is 10.0 Å². The Labute approximate surface area is 152 Å². The fraction of sp³-hybridized carbons (Fsp3) is 0.474. The number of amides is 1. The van der Waals surface area contributed by atoms with Crippen molar-refractivity contribution in [3.63, 3.8) is 0 Å². The average Bonchev–Trinajstić information content (AvgIpc) is 3.18. The molecule has 7 nitrogen and oxygen atoms in total. The second-order valence-electron chi connectivity index (χ2n) is 7.13. The molecule has 136 valence electrons. The largest absolute Gasteiger partial charge is 0.619 e. The third kappa shape index (κ3) is 3.47. The number of hydrogen-bond acceptors (Lipinski definition) is 5. The summed E-state index contributed by atoms with van der Waals surface area (Å²) < 4.78 is 0.683. The molecule has 2 aromatic heterocycles. The lowest BCUT2D eigenvalue weighted by atomic mass is 9.84. The lowest BCUT2D eigenvalue weighted by molar-refractivity contribution is -0.605. The molecule has 0 spiro atoms. The Hall–Kier alpha value is -2.70. The fourth-order valence-electron chi connectivity index (χ4n) is 4.15. The minimum Gasteiger partial charge on any atom is -0.619 e. The summed E-state index contributed by atoms with van der Waals surface area (Å²) in [6.07, 6.45) is 9.58. The van der Waals surface area contributed by atoms with E-state index < -0.39 is 0 Å². The molecule has 0 saturated carbocycles. The monoisotopic (exact) mass is 353 g/mol. The Bertz CT molecular complexity index is 762. The smallest absolute Gasteiger partial charge is 0.259 e. The molecule has 2 aliphatic heterocycles. The summed E-state index contributed by atoms with van der Waals surface area (Å²) in [6, 6.07) is 5.17. The number of nitrogens with zero attached hydrogens (tertiary/aromatic N) is 5. The van der Waals surface area contributed by atoms with Crippen LogP contribution in [0.25, 0.3) is 0 Å². The van der Waals surface area contributed by atoms with Crippen molar-refractivity contribution in [2.75, 3.05) is 31.1 Å². The number of aromatic nitrogens is 3. The molecule has 1 amide bonds. The van der Waals surface area contributed by atoms with Crippen LogP contribution in [0, 0.1) is 17.0 Å². The molecule has 0 radical (unpaired) electrons. The zero-order chi connectivity index (χ0) is 17.9. The number of anilines is 1.